The van der Waals surface area contributed by atoms with Crippen molar-refractivity contribution < 1.29 is 13.2 Å². The summed E-state index contributed by atoms with van der Waals surface area (Å²) in [4.78, 5) is 0. The molecule has 0 aliphatic heterocycles. The summed E-state index contributed by atoms with van der Waals surface area (Å²) in [5, 5.41) is 3.29. The zero-order valence-electron chi connectivity index (χ0n) is 12.3. The lowest BCUT2D eigenvalue weighted by molar-refractivity contribution is -0.138. The van der Waals surface area contributed by atoms with Crippen LogP contribution in [-0.2, 0) is 9.72 Å². The van der Waals surface area contributed by atoms with Gasteiger partial charge in [-0.05, 0) is 31.0 Å². The normalized spacial score (nSPS) is 16.1. The summed E-state index contributed by atoms with van der Waals surface area (Å²) < 4.78 is 38.8. The van der Waals surface area contributed by atoms with Crippen molar-refractivity contribution in [1.29, 1.82) is 0 Å². The predicted molar refractivity (Wildman–Crippen MR) is 90.8 cm³/mol. The Labute approximate surface area is 142 Å². The van der Waals surface area contributed by atoms with E-state index in [0.29, 0.717) is 0 Å². The highest BCUT2D eigenvalue weighted by Crippen LogP contribution is 2.40. The molecule has 5 heteroatoms. The molecule has 1 nitrogen and oxygen atoms in total. The van der Waals surface area contributed by atoms with Crippen LogP contribution in [0.25, 0.3) is 0 Å². The maximum Gasteiger partial charge on any atom is 0.416 e. The zero-order valence-corrected chi connectivity index (χ0v) is 14.4. The van der Waals surface area contributed by atoms with E-state index in [9.17, 15) is 13.2 Å². The molecule has 0 radical (unpaired) electrons. The predicted octanol–water partition coefficient (Wildman–Crippen LogP) is 5.66. The van der Waals surface area contributed by atoms with Crippen molar-refractivity contribution in [2.45, 2.75) is 29.6 Å². The van der Waals surface area contributed by atoms with Gasteiger partial charge in [0.25, 0.3) is 0 Å². The van der Waals surface area contributed by atoms with E-state index < -0.39 is 15.3 Å². The third-order valence-corrected chi connectivity index (χ3v) is 4.42. The van der Waals surface area contributed by atoms with Crippen LogP contribution in [0, 0.1) is 0 Å². The highest BCUT2D eigenvalue weighted by Gasteiger charge is 2.38. The van der Waals surface area contributed by atoms with Crippen LogP contribution >= 0.6 is 22.6 Å². The molecule has 2 atom stereocenters. The topological polar surface area (TPSA) is 12.0 Å². The van der Waals surface area contributed by atoms with Gasteiger partial charge in [-0.15, -0.1) is 0 Å². The molecule has 0 aliphatic carbocycles. The first-order chi connectivity index (χ1) is 10.2. The van der Waals surface area contributed by atoms with Crippen LogP contribution in [0.5, 0.6) is 0 Å². The van der Waals surface area contributed by atoms with E-state index >= 15 is 0 Å². The van der Waals surface area contributed by atoms with Gasteiger partial charge in [-0.2, -0.15) is 13.2 Å². The lowest BCUT2D eigenvalue weighted by atomic mass is 9.99. The molecule has 0 aliphatic rings. The average molecular weight is 419 g/mol. The molecule has 0 saturated heterocycles. The van der Waals surface area contributed by atoms with Gasteiger partial charge < -0.3 is 0 Å². The first-order valence-corrected chi connectivity index (χ1v) is 7.98. The summed E-state index contributed by atoms with van der Waals surface area (Å²) in [6, 6.07) is 15.3. The Bertz CT molecular complexity index is 623. The van der Waals surface area contributed by atoms with Crippen LogP contribution in [0.15, 0.2) is 54.6 Å². The molecule has 0 saturated carbocycles. The number of benzene rings is 2. The average Bonchev–Trinajstić information content (AvgIpc) is 2.47. The maximum atomic E-state index is 13.2. The van der Waals surface area contributed by atoms with Crippen molar-refractivity contribution >= 4 is 22.6 Å². The lowest BCUT2D eigenvalue weighted by Crippen LogP contribution is -2.37. The molecule has 2 rings (SSSR count). The summed E-state index contributed by atoms with van der Waals surface area (Å²) >= 11 is 2.04. The summed E-state index contributed by atoms with van der Waals surface area (Å²) in [5.74, 6) is 0. The van der Waals surface area contributed by atoms with Crippen LogP contribution < -0.4 is 5.32 Å². The van der Waals surface area contributed by atoms with Gasteiger partial charge in [0.15, 0.2) is 0 Å². The van der Waals surface area contributed by atoms with Gasteiger partial charge >= 0.3 is 6.18 Å². The minimum Gasteiger partial charge on any atom is -0.293 e. The standard InChI is InChI=1S/C17H17F3IN/c1-12(13-8-4-3-5-9-13)22-16(2,21)14-10-6-7-11-15(14)17(18,19)20/h3-12,22H,1-2H3/t12-,16?/m0/s1. The molecular weight excluding hydrogens is 402 g/mol. The number of hydrogen-bond donors (Lipinski definition) is 1. The minimum atomic E-state index is -4.36. The molecule has 22 heavy (non-hydrogen) atoms. The van der Waals surface area contributed by atoms with Gasteiger partial charge in [0.05, 0.1) is 9.11 Å². The van der Waals surface area contributed by atoms with E-state index in [0.717, 1.165) is 11.6 Å². The lowest BCUT2D eigenvalue weighted by Gasteiger charge is -2.31. The molecule has 0 fully saturated rings. The molecule has 118 valence electrons. The van der Waals surface area contributed by atoms with Crippen molar-refractivity contribution in [3.63, 3.8) is 0 Å². The van der Waals surface area contributed by atoms with Gasteiger partial charge in [0.1, 0.15) is 0 Å². The molecule has 1 N–H and O–H groups in total. The highest BCUT2D eigenvalue weighted by molar-refractivity contribution is 14.1. The fourth-order valence-electron chi connectivity index (χ4n) is 2.45. The second-order valence-electron chi connectivity index (χ2n) is 5.32. The molecule has 0 spiro atoms. The molecule has 0 heterocycles. The number of rotatable bonds is 4. The third-order valence-electron chi connectivity index (χ3n) is 3.53. The van der Waals surface area contributed by atoms with Crippen molar-refractivity contribution in [2.75, 3.05) is 0 Å². The van der Waals surface area contributed by atoms with Crippen molar-refractivity contribution in [2.24, 2.45) is 0 Å². The number of alkyl halides is 4. The van der Waals surface area contributed by atoms with Crippen LogP contribution in [0.1, 0.15) is 36.6 Å². The third kappa shape index (κ3) is 4.01. The van der Waals surface area contributed by atoms with Crippen molar-refractivity contribution in [1.82, 2.24) is 5.32 Å². The number of hydrogen-bond acceptors (Lipinski definition) is 1. The van der Waals surface area contributed by atoms with Crippen LogP contribution in [-0.4, -0.2) is 0 Å². The van der Waals surface area contributed by atoms with Crippen LogP contribution in [0.3, 0.4) is 0 Å². The van der Waals surface area contributed by atoms with E-state index in [2.05, 4.69) is 5.32 Å². The zero-order chi connectivity index (χ0) is 16.4. The van der Waals surface area contributed by atoms with E-state index in [1.54, 1.807) is 13.0 Å². The fourth-order valence-corrected chi connectivity index (χ4v) is 3.39. The molecule has 0 bridgehead atoms. The monoisotopic (exact) mass is 419 g/mol. The van der Waals surface area contributed by atoms with Gasteiger partial charge in [-0.1, -0.05) is 71.1 Å². The Balaban J connectivity index is 2.31. The van der Waals surface area contributed by atoms with E-state index in [-0.39, 0.29) is 11.6 Å². The first-order valence-electron chi connectivity index (χ1n) is 6.90. The number of nitrogens with one attached hydrogen (secondary N) is 1. The quantitative estimate of drug-likeness (QED) is 0.383. The Morgan fingerprint density at radius 1 is 0.909 bits per heavy atom. The van der Waals surface area contributed by atoms with Gasteiger partial charge in [0, 0.05) is 6.04 Å². The molecule has 2 aromatic carbocycles. The SMILES string of the molecule is C[C@H](NC(C)(I)c1ccccc1C(F)(F)F)c1ccccc1. The van der Waals surface area contributed by atoms with E-state index in [4.69, 9.17) is 0 Å². The molecule has 1 unspecified atom stereocenters. The summed E-state index contributed by atoms with van der Waals surface area (Å²) in [6.07, 6.45) is -4.36. The first kappa shape index (κ1) is 17.3. The summed E-state index contributed by atoms with van der Waals surface area (Å²) in [5.41, 5.74) is 0.681. The Kier molecular flexibility index (Phi) is 5.17. The van der Waals surface area contributed by atoms with Gasteiger partial charge in [-0.3, -0.25) is 5.32 Å². The molecule has 2 aromatic rings. The van der Waals surface area contributed by atoms with E-state index in [1.165, 1.54) is 12.1 Å². The minimum absolute atomic E-state index is 0.0654. The number of halogens is 4. The van der Waals surface area contributed by atoms with Crippen LogP contribution in [0.4, 0.5) is 13.2 Å². The summed E-state index contributed by atoms with van der Waals surface area (Å²) in [6.45, 7) is 3.71. The maximum absolute atomic E-state index is 13.2. The Morgan fingerprint density at radius 3 is 1.95 bits per heavy atom. The fraction of sp³-hybridized carbons (Fsp3) is 0.294. The van der Waals surface area contributed by atoms with E-state index in [1.807, 2.05) is 59.8 Å². The summed E-state index contributed by atoms with van der Waals surface area (Å²) in [7, 11) is 0. The second kappa shape index (κ2) is 6.58. The second-order valence-corrected chi connectivity index (χ2v) is 7.48. The van der Waals surface area contributed by atoms with Crippen molar-refractivity contribution in [3.8, 4) is 0 Å². The highest BCUT2D eigenvalue weighted by atomic mass is 127. The van der Waals surface area contributed by atoms with Crippen LogP contribution in [0.2, 0.25) is 0 Å². The van der Waals surface area contributed by atoms with Crippen molar-refractivity contribution in [3.05, 3.63) is 71.3 Å². The Morgan fingerprint density at radius 2 is 1.41 bits per heavy atom. The largest absolute Gasteiger partial charge is 0.416 e. The Hall–Kier alpha value is -1.08. The molecule has 0 aromatic heterocycles. The van der Waals surface area contributed by atoms with Gasteiger partial charge in [-0.25, -0.2) is 0 Å². The van der Waals surface area contributed by atoms with Gasteiger partial charge in [0.2, 0.25) is 0 Å². The molecule has 0 amide bonds. The smallest absolute Gasteiger partial charge is 0.293 e. The molecular formula is C17H17F3IN.